The number of aryl methyl sites for hydroxylation is 1. The van der Waals surface area contributed by atoms with Crippen molar-refractivity contribution in [2.45, 2.75) is 45.3 Å². The van der Waals surface area contributed by atoms with Crippen LogP contribution in [0, 0.1) is 6.92 Å². The van der Waals surface area contributed by atoms with E-state index in [1.807, 2.05) is 6.92 Å². The molecule has 27 heavy (non-hydrogen) atoms. The van der Waals surface area contributed by atoms with Crippen LogP contribution in [0.5, 0.6) is 0 Å². The van der Waals surface area contributed by atoms with Gasteiger partial charge in [-0.15, -0.1) is 10.2 Å². The molecule has 0 amide bonds. The average Bonchev–Trinajstić information content (AvgIpc) is 3.13. The number of pyridine rings is 1. The standard InChI is InChI=1S/C21H26N6/c1-15-2-4-18-12-16(3-5-19(18)23-15)14-26-9-6-17(7-10-26)21-25-24-20-13-22-8-11-27(20)21/h2-5,12,17,22H,6-11,13-14H2,1H3. The van der Waals surface area contributed by atoms with Crippen LogP contribution in [0.4, 0.5) is 0 Å². The number of likely N-dealkylation sites (tertiary alicyclic amines) is 1. The van der Waals surface area contributed by atoms with Crippen LogP contribution in [-0.2, 0) is 19.6 Å². The summed E-state index contributed by atoms with van der Waals surface area (Å²) in [6.45, 7) is 8.17. The lowest BCUT2D eigenvalue weighted by Crippen LogP contribution is -2.34. The zero-order valence-electron chi connectivity index (χ0n) is 15.9. The number of nitrogens with one attached hydrogen (secondary N) is 1. The van der Waals surface area contributed by atoms with E-state index >= 15 is 0 Å². The molecule has 0 saturated carbocycles. The lowest BCUT2D eigenvalue weighted by atomic mass is 9.95. The van der Waals surface area contributed by atoms with E-state index in [0.717, 1.165) is 56.3 Å². The normalized spacial score (nSPS) is 18.7. The van der Waals surface area contributed by atoms with Gasteiger partial charge >= 0.3 is 0 Å². The minimum atomic E-state index is 0.546. The number of nitrogens with zero attached hydrogens (tertiary/aromatic N) is 5. The molecular weight excluding hydrogens is 336 g/mol. The fraction of sp³-hybridized carbons (Fsp3) is 0.476. The lowest BCUT2D eigenvalue weighted by molar-refractivity contribution is 0.199. The first kappa shape index (κ1) is 16.8. The third kappa shape index (κ3) is 3.35. The Morgan fingerprint density at radius 3 is 2.85 bits per heavy atom. The summed E-state index contributed by atoms with van der Waals surface area (Å²) in [5.41, 5.74) is 3.53. The van der Waals surface area contributed by atoms with Crippen molar-refractivity contribution in [2.75, 3.05) is 19.6 Å². The maximum atomic E-state index is 4.60. The highest BCUT2D eigenvalue weighted by Crippen LogP contribution is 2.28. The van der Waals surface area contributed by atoms with E-state index in [1.165, 1.54) is 29.6 Å². The second-order valence-electron chi connectivity index (χ2n) is 7.83. The van der Waals surface area contributed by atoms with Crippen LogP contribution in [0.25, 0.3) is 10.9 Å². The number of fused-ring (bicyclic) bond motifs is 2. The summed E-state index contributed by atoms with van der Waals surface area (Å²) in [6, 6.07) is 10.9. The van der Waals surface area contributed by atoms with Gasteiger partial charge in [0.25, 0.3) is 0 Å². The number of rotatable bonds is 3. The Morgan fingerprint density at radius 1 is 1.07 bits per heavy atom. The number of hydrogen-bond acceptors (Lipinski definition) is 5. The first-order valence-corrected chi connectivity index (χ1v) is 9.97. The average molecular weight is 362 g/mol. The van der Waals surface area contributed by atoms with E-state index < -0.39 is 0 Å². The predicted molar refractivity (Wildman–Crippen MR) is 105 cm³/mol. The van der Waals surface area contributed by atoms with Gasteiger partial charge in [-0.3, -0.25) is 9.88 Å². The van der Waals surface area contributed by atoms with Gasteiger partial charge in [-0.2, -0.15) is 0 Å². The van der Waals surface area contributed by atoms with Crippen molar-refractivity contribution >= 4 is 10.9 Å². The van der Waals surface area contributed by atoms with Gasteiger partial charge in [-0.25, -0.2) is 0 Å². The largest absolute Gasteiger partial charge is 0.312 e. The zero-order chi connectivity index (χ0) is 18.2. The van der Waals surface area contributed by atoms with Crippen LogP contribution < -0.4 is 5.32 Å². The fourth-order valence-corrected chi connectivity index (χ4v) is 4.40. The van der Waals surface area contributed by atoms with Crippen LogP contribution in [0.1, 0.15) is 41.7 Å². The molecule has 1 N–H and O–H groups in total. The summed E-state index contributed by atoms with van der Waals surface area (Å²) in [4.78, 5) is 7.17. The van der Waals surface area contributed by atoms with Crippen LogP contribution in [0.15, 0.2) is 30.3 Å². The zero-order valence-corrected chi connectivity index (χ0v) is 15.9. The Bertz CT molecular complexity index is 954. The summed E-state index contributed by atoms with van der Waals surface area (Å²) in [5, 5.41) is 13.5. The second kappa shape index (κ2) is 7.02. The van der Waals surface area contributed by atoms with Crippen LogP contribution in [0.3, 0.4) is 0 Å². The maximum Gasteiger partial charge on any atom is 0.147 e. The van der Waals surface area contributed by atoms with Crippen LogP contribution in [-0.4, -0.2) is 44.3 Å². The molecule has 6 heteroatoms. The number of aromatic nitrogens is 4. The molecule has 0 bridgehead atoms. The van der Waals surface area contributed by atoms with Gasteiger partial charge in [0, 0.05) is 36.6 Å². The van der Waals surface area contributed by atoms with Crippen molar-refractivity contribution in [3.05, 3.63) is 53.2 Å². The predicted octanol–water partition coefficient (Wildman–Crippen LogP) is 2.62. The molecule has 6 nitrogen and oxygen atoms in total. The SMILES string of the molecule is Cc1ccc2cc(CN3CCC(c4nnc5n4CCNC5)CC3)ccc2n1. The third-order valence-electron chi connectivity index (χ3n) is 5.90. The molecule has 0 spiro atoms. The Labute approximate surface area is 159 Å². The lowest BCUT2D eigenvalue weighted by Gasteiger charge is -2.32. The molecule has 140 valence electrons. The first-order valence-electron chi connectivity index (χ1n) is 9.97. The fourth-order valence-electron chi connectivity index (χ4n) is 4.40. The van der Waals surface area contributed by atoms with Crippen molar-refractivity contribution in [1.29, 1.82) is 0 Å². The van der Waals surface area contributed by atoms with E-state index in [2.05, 4.69) is 60.3 Å². The molecule has 3 aromatic rings. The Kier molecular flexibility index (Phi) is 4.38. The summed E-state index contributed by atoms with van der Waals surface area (Å²) in [5.74, 6) is 2.85. The Balaban J connectivity index is 1.24. The minimum absolute atomic E-state index is 0.546. The smallest absolute Gasteiger partial charge is 0.147 e. The summed E-state index contributed by atoms with van der Waals surface area (Å²) in [7, 11) is 0. The Hall–Kier alpha value is -2.31. The quantitative estimate of drug-likeness (QED) is 0.776. The highest BCUT2D eigenvalue weighted by Gasteiger charge is 2.27. The van der Waals surface area contributed by atoms with Gasteiger partial charge in [0.2, 0.25) is 0 Å². The monoisotopic (exact) mass is 362 g/mol. The van der Waals surface area contributed by atoms with E-state index in [1.54, 1.807) is 0 Å². The molecule has 0 atom stereocenters. The van der Waals surface area contributed by atoms with Crippen LogP contribution in [0.2, 0.25) is 0 Å². The molecule has 2 aliphatic rings. The molecule has 1 aromatic carbocycles. The van der Waals surface area contributed by atoms with E-state index in [-0.39, 0.29) is 0 Å². The summed E-state index contributed by atoms with van der Waals surface area (Å²) in [6.07, 6.45) is 2.33. The van der Waals surface area contributed by atoms with E-state index in [4.69, 9.17) is 0 Å². The number of piperidine rings is 1. The Morgan fingerprint density at radius 2 is 1.96 bits per heavy atom. The van der Waals surface area contributed by atoms with Gasteiger partial charge in [-0.1, -0.05) is 12.1 Å². The molecule has 0 aliphatic carbocycles. The summed E-state index contributed by atoms with van der Waals surface area (Å²) >= 11 is 0. The molecule has 0 radical (unpaired) electrons. The van der Waals surface area contributed by atoms with Crippen molar-refractivity contribution in [3.8, 4) is 0 Å². The third-order valence-corrected chi connectivity index (χ3v) is 5.90. The molecule has 4 heterocycles. The maximum absolute atomic E-state index is 4.60. The minimum Gasteiger partial charge on any atom is -0.312 e. The van der Waals surface area contributed by atoms with Gasteiger partial charge in [-0.05, 0) is 56.6 Å². The number of benzene rings is 1. The summed E-state index contributed by atoms with van der Waals surface area (Å²) < 4.78 is 2.34. The van der Waals surface area contributed by atoms with E-state index in [0.29, 0.717) is 5.92 Å². The molecular formula is C21H26N6. The number of hydrogen-bond donors (Lipinski definition) is 1. The topological polar surface area (TPSA) is 58.9 Å². The first-order chi connectivity index (χ1) is 13.3. The van der Waals surface area contributed by atoms with Gasteiger partial charge < -0.3 is 9.88 Å². The highest BCUT2D eigenvalue weighted by molar-refractivity contribution is 5.79. The van der Waals surface area contributed by atoms with Crippen LogP contribution >= 0.6 is 0 Å². The molecule has 2 aromatic heterocycles. The molecule has 5 rings (SSSR count). The van der Waals surface area contributed by atoms with Crippen molar-refractivity contribution in [2.24, 2.45) is 0 Å². The van der Waals surface area contributed by atoms with Crippen molar-refractivity contribution in [3.63, 3.8) is 0 Å². The van der Waals surface area contributed by atoms with Crippen molar-refractivity contribution < 1.29 is 0 Å². The molecule has 2 aliphatic heterocycles. The molecule has 0 unspecified atom stereocenters. The van der Waals surface area contributed by atoms with E-state index in [9.17, 15) is 0 Å². The highest BCUT2D eigenvalue weighted by atomic mass is 15.3. The van der Waals surface area contributed by atoms with Gasteiger partial charge in [0.1, 0.15) is 11.6 Å². The molecule has 1 fully saturated rings. The van der Waals surface area contributed by atoms with Gasteiger partial charge in [0.05, 0.1) is 12.1 Å². The second-order valence-corrected chi connectivity index (χ2v) is 7.83. The van der Waals surface area contributed by atoms with Crippen molar-refractivity contribution in [1.82, 2.24) is 30.0 Å². The van der Waals surface area contributed by atoms with Gasteiger partial charge in [0.15, 0.2) is 0 Å². The molecule has 1 saturated heterocycles.